The van der Waals surface area contributed by atoms with E-state index < -0.39 is 23.9 Å². The van der Waals surface area contributed by atoms with Crippen LogP contribution in [0.25, 0.3) is 16.5 Å². The zero-order valence-corrected chi connectivity index (χ0v) is 27.4. The van der Waals surface area contributed by atoms with Gasteiger partial charge in [-0.1, -0.05) is 0 Å². The minimum absolute atomic E-state index is 0.0159. The van der Waals surface area contributed by atoms with Gasteiger partial charge in [0.1, 0.15) is 0 Å². The number of rotatable bonds is 12. The van der Waals surface area contributed by atoms with E-state index in [0.717, 1.165) is 33.8 Å². The van der Waals surface area contributed by atoms with Crippen LogP contribution in [-0.4, -0.2) is 78.8 Å². The first-order valence-corrected chi connectivity index (χ1v) is 15.1. The summed E-state index contributed by atoms with van der Waals surface area (Å²) >= 11 is 0. The minimum Gasteiger partial charge on any atom is -0.478 e. The summed E-state index contributed by atoms with van der Waals surface area (Å²) in [5.74, 6) is -5.48. The number of nitrogens with zero attached hydrogens (tertiary/aromatic N) is 10. The molecule has 3 heterocycles. The fraction of sp³-hybridized carbons (Fsp3) is 0.0303. The van der Waals surface area contributed by atoms with Gasteiger partial charge in [0.05, 0.1) is 46.4 Å². The Morgan fingerprint density at radius 2 is 1.22 bits per heavy atom. The van der Waals surface area contributed by atoms with Crippen molar-refractivity contribution < 1.29 is 39.6 Å². The van der Waals surface area contributed by atoms with Crippen molar-refractivity contribution in [1.82, 2.24) is 34.5 Å². The van der Waals surface area contributed by atoms with Gasteiger partial charge in [-0.05, 0) is 73.7 Å². The number of nitrogens with one attached hydrogen (secondary N) is 2. The van der Waals surface area contributed by atoms with E-state index in [-0.39, 0.29) is 74.5 Å². The Morgan fingerprint density at radius 1 is 0.722 bits per heavy atom. The second-order valence-corrected chi connectivity index (χ2v) is 11.0. The average molecular weight is 730 g/mol. The molecule has 0 aliphatic heterocycles. The Morgan fingerprint density at radius 3 is 1.69 bits per heavy atom. The quantitative estimate of drug-likeness (QED) is 0.0614. The van der Waals surface area contributed by atoms with Crippen molar-refractivity contribution in [2.45, 2.75) is 6.92 Å². The Bertz CT molecular complexity index is 2440. The first-order chi connectivity index (χ1) is 25.8. The van der Waals surface area contributed by atoms with Gasteiger partial charge in [-0.15, -0.1) is 10.2 Å². The third kappa shape index (κ3) is 7.32. The van der Waals surface area contributed by atoms with Gasteiger partial charge in [0.15, 0.2) is 17.3 Å². The molecule has 0 radical (unpaired) electrons. The Labute approximate surface area is 301 Å². The molecular weight excluding hydrogens is 706 g/mol. The summed E-state index contributed by atoms with van der Waals surface area (Å²) in [6, 6.07) is 14.8. The highest BCUT2D eigenvalue weighted by molar-refractivity contribution is 5.95. The molecule has 3 aromatic heterocycles. The third-order valence-corrected chi connectivity index (χ3v) is 7.40. The number of carbonyl (C=O) groups is 4. The monoisotopic (exact) mass is 729 g/mol. The second-order valence-electron chi connectivity index (χ2n) is 11.0. The smallest absolute Gasteiger partial charge is 0.335 e. The van der Waals surface area contributed by atoms with Gasteiger partial charge in [-0.25, -0.2) is 28.7 Å². The largest absolute Gasteiger partial charge is 0.478 e. The number of nitrogens with two attached hydrogens (primary N) is 1. The molecule has 0 aliphatic carbocycles. The fourth-order valence-electron chi connectivity index (χ4n) is 4.81. The van der Waals surface area contributed by atoms with Crippen LogP contribution in [-0.2, 0) is 0 Å². The van der Waals surface area contributed by atoms with E-state index in [2.05, 4.69) is 50.9 Å². The zero-order chi connectivity index (χ0) is 38.7. The summed E-state index contributed by atoms with van der Waals surface area (Å²) < 4.78 is 2.19. The highest BCUT2D eigenvalue weighted by Crippen LogP contribution is 2.35. The fourth-order valence-corrected chi connectivity index (χ4v) is 4.81. The normalized spacial score (nSPS) is 10.9. The molecule has 0 saturated carbocycles. The summed E-state index contributed by atoms with van der Waals surface area (Å²) in [7, 11) is 0. The predicted octanol–water partition coefficient (Wildman–Crippen LogP) is 5.38. The standard InChI is InChI=1S/C33H23N13O8/c1-15-24(42-43-26-23(35-2)14-36-45(26)22-12-18(29(51)52)11-19(13-22)30(53)54)25(34)46(44-15)33-40-31(37-20-7-3-16(4-8-20)27(47)48)39-32(41-33)38-21-9-5-17(6-10-21)28(49)50/h3-14H,34H2,1H3,(H,47,48)(H,49,50)(H,51,52)(H,53,54)(H2,37,38,39,40,41). The number of nitrogen functional groups attached to an aromatic ring is 1. The van der Waals surface area contributed by atoms with Crippen LogP contribution in [0, 0.1) is 13.5 Å². The molecule has 54 heavy (non-hydrogen) atoms. The summed E-state index contributed by atoms with van der Waals surface area (Å²) in [6.07, 6.45) is 1.15. The molecule has 3 aromatic carbocycles. The van der Waals surface area contributed by atoms with Gasteiger partial charge in [0, 0.05) is 11.4 Å². The maximum atomic E-state index is 11.7. The number of hydrogen-bond acceptors (Lipinski definition) is 14. The van der Waals surface area contributed by atoms with Crippen molar-refractivity contribution in [3.8, 4) is 11.6 Å². The van der Waals surface area contributed by atoms with E-state index in [1.807, 2.05) is 0 Å². The molecule has 21 nitrogen and oxygen atoms in total. The number of aryl methyl sites for hydroxylation is 1. The summed E-state index contributed by atoms with van der Waals surface area (Å²) in [5, 5.41) is 60.4. The van der Waals surface area contributed by atoms with Gasteiger partial charge in [-0.2, -0.15) is 29.8 Å². The first-order valence-electron chi connectivity index (χ1n) is 15.1. The minimum atomic E-state index is -1.39. The molecule has 0 amide bonds. The van der Waals surface area contributed by atoms with Crippen molar-refractivity contribution in [1.29, 1.82) is 0 Å². The number of aromatic carboxylic acids is 4. The van der Waals surface area contributed by atoms with Gasteiger partial charge in [-0.3, -0.25) is 0 Å². The number of carboxylic acid groups (broad SMARTS) is 4. The molecular formula is C33H23N13O8. The Hall–Kier alpha value is -8.54. The maximum absolute atomic E-state index is 11.7. The van der Waals surface area contributed by atoms with Gasteiger partial charge in [0.2, 0.25) is 11.9 Å². The maximum Gasteiger partial charge on any atom is 0.335 e. The van der Waals surface area contributed by atoms with Crippen LogP contribution in [0.2, 0.25) is 0 Å². The van der Waals surface area contributed by atoms with Crippen LogP contribution in [0.1, 0.15) is 47.1 Å². The third-order valence-electron chi connectivity index (χ3n) is 7.40. The molecule has 268 valence electrons. The summed E-state index contributed by atoms with van der Waals surface area (Å²) in [4.78, 5) is 62.6. The van der Waals surface area contributed by atoms with E-state index >= 15 is 0 Å². The van der Waals surface area contributed by atoms with Crippen molar-refractivity contribution in [3.63, 3.8) is 0 Å². The van der Waals surface area contributed by atoms with Crippen LogP contribution in [0.4, 0.5) is 46.3 Å². The van der Waals surface area contributed by atoms with E-state index in [1.165, 1.54) is 48.5 Å². The summed E-state index contributed by atoms with van der Waals surface area (Å²) in [5.41, 5.74) is 6.86. The lowest BCUT2D eigenvalue weighted by Crippen LogP contribution is -2.12. The highest BCUT2D eigenvalue weighted by atomic mass is 16.4. The molecule has 0 saturated heterocycles. The molecule has 8 N–H and O–H groups in total. The van der Waals surface area contributed by atoms with Crippen molar-refractivity contribution in [3.05, 3.63) is 112 Å². The van der Waals surface area contributed by atoms with Gasteiger partial charge in [0.25, 0.3) is 11.6 Å². The lowest BCUT2D eigenvalue weighted by Gasteiger charge is -2.11. The molecule has 0 aliphatic rings. The van der Waals surface area contributed by atoms with E-state index in [4.69, 9.17) is 12.3 Å². The molecule has 0 fully saturated rings. The lowest BCUT2D eigenvalue weighted by atomic mass is 10.1. The zero-order valence-electron chi connectivity index (χ0n) is 27.4. The number of benzene rings is 3. The van der Waals surface area contributed by atoms with E-state index in [1.54, 1.807) is 6.92 Å². The SMILES string of the molecule is [C-]#[N+]c1cnn(-c2cc(C(=O)O)cc(C(=O)O)c2)c1N=Nc1c(C)nn(-c2nc(Nc3ccc(C(=O)O)cc3)nc(Nc3ccc(C(=O)O)cc3)n2)c1N. The average Bonchev–Trinajstić information content (AvgIpc) is 3.69. The van der Waals surface area contributed by atoms with E-state index in [0.29, 0.717) is 11.4 Å². The Balaban J connectivity index is 1.39. The molecule has 0 spiro atoms. The first kappa shape index (κ1) is 35.3. The number of carboxylic acids is 4. The molecule has 0 bridgehead atoms. The molecule has 0 atom stereocenters. The van der Waals surface area contributed by atoms with Crippen LogP contribution < -0.4 is 16.4 Å². The highest BCUT2D eigenvalue weighted by Gasteiger charge is 2.21. The Kier molecular flexibility index (Phi) is 9.39. The van der Waals surface area contributed by atoms with Crippen molar-refractivity contribution in [2.24, 2.45) is 10.2 Å². The molecule has 0 unspecified atom stereocenters. The second kappa shape index (κ2) is 14.4. The van der Waals surface area contributed by atoms with Crippen LogP contribution in [0.15, 0.2) is 83.2 Å². The van der Waals surface area contributed by atoms with E-state index in [9.17, 15) is 39.6 Å². The predicted molar refractivity (Wildman–Crippen MR) is 187 cm³/mol. The van der Waals surface area contributed by atoms with Crippen LogP contribution in [0.5, 0.6) is 0 Å². The summed E-state index contributed by atoms with van der Waals surface area (Å²) in [6.45, 7) is 9.13. The molecule has 21 heteroatoms. The van der Waals surface area contributed by atoms with Crippen molar-refractivity contribution in [2.75, 3.05) is 16.4 Å². The lowest BCUT2D eigenvalue weighted by molar-refractivity contribution is 0.0680. The number of aromatic nitrogens is 7. The number of anilines is 5. The molecule has 6 rings (SSSR count). The van der Waals surface area contributed by atoms with Crippen LogP contribution in [0.3, 0.4) is 0 Å². The number of azo groups is 1. The molecule has 6 aromatic rings. The van der Waals surface area contributed by atoms with Crippen molar-refractivity contribution >= 4 is 70.2 Å². The topological polar surface area (TPSA) is 303 Å². The van der Waals surface area contributed by atoms with Gasteiger partial charge >= 0.3 is 23.9 Å². The van der Waals surface area contributed by atoms with Gasteiger partial charge < -0.3 is 36.8 Å². The number of hydrogen-bond donors (Lipinski definition) is 7. The van der Waals surface area contributed by atoms with Crippen LogP contribution >= 0.6 is 0 Å².